The number of rotatable bonds is 7. The van der Waals surface area contributed by atoms with Crippen molar-refractivity contribution in [3.63, 3.8) is 0 Å². The molecule has 0 spiro atoms. The molecule has 1 rings (SSSR count). The third-order valence-corrected chi connectivity index (χ3v) is 2.89. The van der Waals surface area contributed by atoms with E-state index in [-0.39, 0.29) is 0 Å². The van der Waals surface area contributed by atoms with Crippen molar-refractivity contribution in [2.75, 3.05) is 18.6 Å². The molecule has 1 heterocycles. The van der Waals surface area contributed by atoms with Crippen LogP contribution in [0, 0.1) is 0 Å². The Kier molecular flexibility index (Phi) is 5.54. The number of halogens is 2. The van der Waals surface area contributed by atoms with E-state index in [1.54, 1.807) is 6.26 Å². The second-order valence-corrected chi connectivity index (χ2v) is 4.89. The summed E-state index contributed by atoms with van der Waals surface area (Å²) in [6, 6.07) is 0. The van der Waals surface area contributed by atoms with Gasteiger partial charge < -0.3 is 5.32 Å². The van der Waals surface area contributed by atoms with Gasteiger partial charge in [-0.2, -0.15) is 8.78 Å². The van der Waals surface area contributed by atoms with Crippen LogP contribution in [0.5, 0.6) is 0 Å². The lowest BCUT2D eigenvalue weighted by Crippen LogP contribution is -2.19. The van der Waals surface area contributed by atoms with E-state index in [4.69, 9.17) is 0 Å². The molecule has 92 valence electrons. The largest absolute Gasteiger partial charge is 0.319 e. The summed E-state index contributed by atoms with van der Waals surface area (Å²) in [5.41, 5.74) is 0. The zero-order chi connectivity index (χ0) is 12.0. The highest BCUT2D eigenvalue weighted by Crippen LogP contribution is 2.11. The molecular weight excluding hydrogens is 236 g/mol. The normalized spacial score (nSPS) is 13.2. The monoisotopic (exact) mass is 251 g/mol. The van der Waals surface area contributed by atoms with Crippen LogP contribution in [-0.4, -0.2) is 32.3 Å². The SMILES string of the molecule is CS(=O)CCCNCc1nccn1C(F)F. The van der Waals surface area contributed by atoms with Crippen molar-refractivity contribution in [2.45, 2.75) is 19.5 Å². The summed E-state index contributed by atoms with van der Waals surface area (Å²) < 4.78 is 36.4. The van der Waals surface area contributed by atoms with Crippen LogP contribution in [0.15, 0.2) is 12.4 Å². The van der Waals surface area contributed by atoms with Crippen LogP contribution >= 0.6 is 0 Å². The van der Waals surface area contributed by atoms with Crippen molar-refractivity contribution in [3.8, 4) is 0 Å². The molecule has 7 heteroatoms. The van der Waals surface area contributed by atoms with E-state index in [0.29, 0.717) is 24.7 Å². The average Bonchev–Trinajstić information content (AvgIpc) is 2.65. The van der Waals surface area contributed by atoms with E-state index in [0.717, 1.165) is 11.0 Å². The minimum absolute atomic E-state index is 0.299. The fraction of sp³-hybridized carbons (Fsp3) is 0.667. The van der Waals surface area contributed by atoms with Gasteiger partial charge in [-0.05, 0) is 13.0 Å². The van der Waals surface area contributed by atoms with Crippen LogP contribution in [-0.2, 0) is 17.3 Å². The second kappa shape index (κ2) is 6.70. The van der Waals surface area contributed by atoms with Crippen LogP contribution in [0.25, 0.3) is 0 Å². The predicted octanol–water partition coefficient (Wildman–Crippen LogP) is 1.14. The molecule has 0 aliphatic carbocycles. The number of nitrogens with one attached hydrogen (secondary N) is 1. The molecule has 0 amide bonds. The van der Waals surface area contributed by atoms with E-state index in [1.165, 1.54) is 12.4 Å². The first-order valence-corrected chi connectivity index (χ1v) is 6.64. The van der Waals surface area contributed by atoms with E-state index in [1.807, 2.05) is 0 Å². The topological polar surface area (TPSA) is 46.9 Å². The Balaban J connectivity index is 2.26. The van der Waals surface area contributed by atoms with Crippen molar-refractivity contribution in [3.05, 3.63) is 18.2 Å². The van der Waals surface area contributed by atoms with Crippen molar-refractivity contribution < 1.29 is 13.0 Å². The molecule has 1 aromatic heterocycles. The zero-order valence-electron chi connectivity index (χ0n) is 9.03. The second-order valence-electron chi connectivity index (χ2n) is 3.34. The van der Waals surface area contributed by atoms with Crippen molar-refractivity contribution in [1.29, 1.82) is 0 Å². The standard InChI is InChI=1S/C9H15F2N3OS/c1-16(15)6-2-3-12-7-8-13-4-5-14(8)9(10)11/h4-5,9,12H,2-3,6-7H2,1H3. The van der Waals surface area contributed by atoms with Gasteiger partial charge in [0.05, 0.1) is 6.54 Å². The first-order chi connectivity index (χ1) is 7.61. The lowest BCUT2D eigenvalue weighted by molar-refractivity contribution is 0.0666. The molecule has 1 aromatic rings. The van der Waals surface area contributed by atoms with Crippen LogP contribution < -0.4 is 5.32 Å². The summed E-state index contributed by atoms with van der Waals surface area (Å²) in [7, 11) is -0.798. The van der Waals surface area contributed by atoms with Crippen molar-refractivity contribution in [2.24, 2.45) is 0 Å². The Bertz CT molecular complexity index is 343. The summed E-state index contributed by atoms with van der Waals surface area (Å²) in [6.07, 6.45) is 5.01. The molecule has 0 aromatic carbocycles. The molecule has 0 saturated carbocycles. The van der Waals surface area contributed by atoms with E-state index < -0.39 is 17.3 Å². The molecule has 0 radical (unpaired) electrons. The van der Waals surface area contributed by atoms with Crippen LogP contribution in [0.4, 0.5) is 8.78 Å². The molecular formula is C9H15F2N3OS. The number of hydrogen-bond acceptors (Lipinski definition) is 3. The summed E-state index contributed by atoms with van der Waals surface area (Å²) in [5.74, 6) is 0.934. The Labute approximate surface area is 95.5 Å². The number of aromatic nitrogens is 2. The fourth-order valence-electron chi connectivity index (χ4n) is 1.26. The molecule has 16 heavy (non-hydrogen) atoms. The first-order valence-electron chi connectivity index (χ1n) is 4.92. The summed E-state index contributed by atoms with van der Waals surface area (Å²) in [4.78, 5) is 3.83. The van der Waals surface area contributed by atoms with Gasteiger partial charge in [-0.3, -0.25) is 8.78 Å². The molecule has 0 aliphatic rings. The van der Waals surface area contributed by atoms with Gasteiger partial charge in [0.1, 0.15) is 5.82 Å². The first kappa shape index (κ1) is 13.2. The summed E-state index contributed by atoms with van der Waals surface area (Å²) in [5, 5.41) is 2.99. The molecule has 0 fully saturated rings. The van der Waals surface area contributed by atoms with E-state index >= 15 is 0 Å². The number of alkyl halides is 2. The highest BCUT2D eigenvalue weighted by molar-refractivity contribution is 7.84. The van der Waals surface area contributed by atoms with E-state index in [9.17, 15) is 13.0 Å². The van der Waals surface area contributed by atoms with Gasteiger partial charge in [0.2, 0.25) is 0 Å². The molecule has 0 bridgehead atoms. The third kappa shape index (κ3) is 4.36. The average molecular weight is 251 g/mol. The predicted molar refractivity (Wildman–Crippen MR) is 58.7 cm³/mol. The zero-order valence-corrected chi connectivity index (χ0v) is 9.84. The lowest BCUT2D eigenvalue weighted by Gasteiger charge is -2.07. The molecule has 1 unspecified atom stereocenters. The van der Waals surface area contributed by atoms with Gasteiger partial charge in [0, 0.05) is 35.2 Å². The minimum atomic E-state index is -2.55. The van der Waals surface area contributed by atoms with Gasteiger partial charge in [0.25, 0.3) is 0 Å². The maximum absolute atomic E-state index is 12.4. The Morgan fingerprint density at radius 1 is 1.62 bits per heavy atom. The van der Waals surface area contributed by atoms with Gasteiger partial charge in [-0.25, -0.2) is 4.98 Å². The van der Waals surface area contributed by atoms with Crippen molar-refractivity contribution >= 4 is 10.8 Å². The molecule has 1 atom stereocenters. The smallest absolute Gasteiger partial charge is 0.310 e. The van der Waals surface area contributed by atoms with Gasteiger partial charge in [-0.1, -0.05) is 0 Å². The Morgan fingerprint density at radius 2 is 2.38 bits per heavy atom. The number of hydrogen-bond donors (Lipinski definition) is 1. The molecule has 4 nitrogen and oxygen atoms in total. The number of nitrogens with zero attached hydrogens (tertiary/aromatic N) is 2. The molecule has 0 saturated heterocycles. The maximum Gasteiger partial charge on any atom is 0.319 e. The van der Waals surface area contributed by atoms with Crippen molar-refractivity contribution in [1.82, 2.24) is 14.9 Å². The van der Waals surface area contributed by atoms with Crippen LogP contribution in [0.1, 0.15) is 18.8 Å². The molecule has 1 N–H and O–H groups in total. The quantitative estimate of drug-likeness (QED) is 0.739. The maximum atomic E-state index is 12.4. The summed E-state index contributed by atoms with van der Waals surface area (Å²) >= 11 is 0. The van der Waals surface area contributed by atoms with Gasteiger partial charge in [-0.15, -0.1) is 0 Å². The highest BCUT2D eigenvalue weighted by Gasteiger charge is 2.10. The van der Waals surface area contributed by atoms with Crippen LogP contribution in [0.3, 0.4) is 0 Å². The third-order valence-electron chi connectivity index (χ3n) is 2.03. The lowest BCUT2D eigenvalue weighted by atomic mass is 10.4. The highest BCUT2D eigenvalue weighted by atomic mass is 32.2. The Morgan fingerprint density at radius 3 is 3.00 bits per heavy atom. The van der Waals surface area contributed by atoms with Gasteiger partial charge >= 0.3 is 6.55 Å². The van der Waals surface area contributed by atoms with Gasteiger partial charge in [0.15, 0.2) is 0 Å². The fourth-order valence-corrected chi connectivity index (χ4v) is 1.81. The van der Waals surface area contributed by atoms with Crippen LogP contribution in [0.2, 0.25) is 0 Å². The summed E-state index contributed by atoms with van der Waals surface area (Å²) in [6.45, 7) is -1.61. The number of imidazole rings is 1. The van der Waals surface area contributed by atoms with E-state index in [2.05, 4.69) is 10.3 Å². The minimum Gasteiger partial charge on any atom is -0.310 e. The Hall–Kier alpha value is -0.820. The molecule has 0 aliphatic heterocycles.